The Morgan fingerprint density at radius 1 is 1.13 bits per heavy atom. The molecule has 23 heavy (non-hydrogen) atoms. The molecule has 2 rings (SSSR count). The standard InChI is InChI=1S/C17H26N2O4/c1-21-14-9-12(10-15(22-2)17(14)23-3)11-16(20)19-7-4-5-13(18)6-8-19/h9-10,13H,4-8,11,18H2,1-3H3/t13-/m1/s1. The second kappa shape index (κ2) is 8.06. The van der Waals surface area contributed by atoms with Gasteiger partial charge in [-0.25, -0.2) is 0 Å². The summed E-state index contributed by atoms with van der Waals surface area (Å²) in [5, 5.41) is 0. The van der Waals surface area contributed by atoms with Crippen LogP contribution in [0.25, 0.3) is 0 Å². The molecule has 0 bridgehead atoms. The fourth-order valence-electron chi connectivity index (χ4n) is 2.90. The van der Waals surface area contributed by atoms with Crippen LogP contribution in [0.5, 0.6) is 17.2 Å². The first kappa shape index (κ1) is 17.4. The summed E-state index contributed by atoms with van der Waals surface area (Å²) in [4.78, 5) is 14.5. The van der Waals surface area contributed by atoms with Crippen LogP contribution in [0.3, 0.4) is 0 Å². The van der Waals surface area contributed by atoms with Gasteiger partial charge in [-0.15, -0.1) is 0 Å². The van der Waals surface area contributed by atoms with Crippen molar-refractivity contribution in [2.75, 3.05) is 34.4 Å². The molecule has 0 saturated carbocycles. The number of amides is 1. The third-order valence-corrected chi connectivity index (χ3v) is 4.21. The van der Waals surface area contributed by atoms with Crippen LogP contribution in [0.2, 0.25) is 0 Å². The summed E-state index contributed by atoms with van der Waals surface area (Å²) in [5.74, 6) is 1.76. The summed E-state index contributed by atoms with van der Waals surface area (Å²) in [7, 11) is 4.70. The van der Waals surface area contributed by atoms with E-state index in [-0.39, 0.29) is 11.9 Å². The van der Waals surface area contributed by atoms with E-state index >= 15 is 0 Å². The van der Waals surface area contributed by atoms with E-state index in [1.54, 1.807) is 21.3 Å². The number of ether oxygens (including phenoxy) is 3. The molecule has 0 aliphatic carbocycles. The zero-order valence-corrected chi connectivity index (χ0v) is 14.1. The van der Waals surface area contributed by atoms with Crippen molar-refractivity contribution in [1.29, 1.82) is 0 Å². The number of carbonyl (C=O) groups excluding carboxylic acids is 1. The van der Waals surface area contributed by atoms with Crippen LogP contribution >= 0.6 is 0 Å². The third kappa shape index (κ3) is 4.28. The Balaban J connectivity index is 2.14. The van der Waals surface area contributed by atoms with Crippen LogP contribution in [0.1, 0.15) is 24.8 Å². The van der Waals surface area contributed by atoms with Crippen LogP contribution in [-0.2, 0) is 11.2 Å². The van der Waals surface area contributed by atoms with E-state index in [4.69, 9.17) is 19.9 Å². The Morgan fingerprint density at radius 3 is 2.35 bits per heavy atom. The Labute approximate surface area is 137 Å². The molecule has 1 saturated heterocycles. The molecule has 1 amide bonds. The Bertz CT molecular complexity index is 522. The molecule has 1 fully saturated rings. The van der Waals surface area contributed by atoms with Gasteiger partial charge in [0.15, 0.2) is 11.5 Å². The highest BCUT2D eigenvalue weighted by molar-refractivity contribution is 5.79. The van der Waals surface area contributed by atoms with Gasteiger partial charge in [0, 0.05) is 19.1 Å². The SMILES string of the molecule is COc1cc(CC(=O)N2CCC[C@@H](N)CC2)cc(OC)c1OC. The maximum absolute atomic E-state index is 12.6. The molecule has 0 aromatic heterocycles. The monoisotopic (exact) mass is 322 g/mol. The van der Waals surface area contributed by atoms with Gasteiger partial charge in [0.1, 0.15) is 0 Å². The minimum atomic E-state index is 0.105. The van der Waals surface area contributed by atoms with E-state index < -0.39 is 0 Å². The number of methoxy groups -OCH3 is 3. The first-order valence-electron chi connectivity index (χ1n) is 7.91. The zero-order valence-electron chi connectivity index (χ0n) is 14.1. The second-order valence-corrected chi connectivity index (χ2v) is 5.78. The van der Waals surface area contributed by atoms with Gasteiger partial charge < -0.3 is 24.8 Å². The predicted octanol–water partition coefficient (Wildman–Crippen LogP) is 1.59. The first-order chi connectivity index (χ1) is 11.1. The molecule has 1 heterocycles. The van der Waals surface area contributed by atoms with Crippen LogP contribution in [-0.4, -0.2) is 51.3 Å². The Morgan fingerprint density at radius 2 is 1.78 bits per heavy atom. The Hall–Kier alpha value is -1.95. The van der Waals surface area contributed by atoms with Gasteiger partial charge in [0.25, 0.3) is 0 Å². The van der Waals surface area contributed by atoms with Crippen molar-refractivity contribution in [1.82, 2.24) is 4.90 Å². The molecule has 0 unspecified atom stereocenters. The molecular formula is C17H26N2O4. The smallest absolute Gasteiger partial charge is 0.226 e. The molecule has 0 spiro atoms. The second-order valence-electron chi connectivity index (χ2n) is 5.78. The summed E-state index contributed by atoms with van der Waals surface area (Å²) in [6.07, 6.45) is 3.11. The summed E-state index contributed by atoms with van der Waals surface area (Å²) in [6.45, 7) is 1.50. The van der Waals surface area contributed by atoms with Gasteiger partial charge in [-0.1, -0.05) is 0 Å². The van der Waals surface area contributed by atoms with E-state index in [0.29, 0.717) is 23.7 Å². The number of hydrogen-bond acceptors (Lipinski definition) is 5. The van der Waals surface area contributed by atoms with Crippen LogP contribution in [0.4, 0.5) is 0 Å². The molecule has 1 aliphatic heterocycles. The number of likely N-dealkylation sites (tertiary alicyclic amines) is 1. The van der Waals surface area contributed by atoms with Gasteiger partial charge in [0.05, 0.1) is 27.8 Å². The quantitative estimate of drug-likeness (QED) is 0.891. The first-order valence-corrected chi connectivity index (χ1v) is 7.91. The molecule has 1 atom stereocenters. The lowest BCUT2D eigenvalue weighted by molar-refractivity contribution is -0.130. The van der Waals surface area contributed by atoms with Crippen molar-refractivity contribution >= 4 is 5.91 Å². The lowest BCUT2D eigenvalue weighted by atomic mass is 10.1. The highest BCUT2D eigenvalue weighted by atomic mass is 16.5. The van der Waals surface area contributed by atoms with E-state index in [9.17, 15) is 4.79 Å². The summed E-state index contributed by atoms with van der Waals surface area (Å²) >= 11 is 0. The van der Waals surface area contributed by atoms with Crippen molar-refractivity contribution in [3.8, 4) is 17.2 Å². The summed E-state index contributed by atoms with van der Waals surface area (Å²) in [6, 6.07) is 3.85. The van der Waals surface area contributed by atoms with Crippen molar-refractivity contribution < 1.29 is 19.0 Å². The molecule has 1 aromatic carbocycles. The van der Waals surface area contributed by atoms with Crippen LogP contribution in [0.15, 0.2) is 12.1 Å². The molecule has 2 N–H and O–H groups in total. The fourth-order valence-corrected chi connectivity index (χ4v) is 2.90. The molecule has 1 aliphatic rings. The summed E-state index contributed by atoms with van der Waals surface area (Å²) < 4.78 is 16.0. The minimum Gasteiger partial charge on any atom is -0.493 e. The normalized spacial score (nSPS) is 18.3. The molecule has 6 heteroatoms. The topological polar surface area (TPSA) is 74.0 Å². The predicted molar refractivity (Wildman–Crippen MR) is 88.2 cm³/mol. The highest BCUT2D eigenvalue weighted by Gasteiger charge is 2.20. The molecular weight excluding hydrogens is 296 g/mol. The highest BCUT2D eigenvalue weighted by Crippen LogP contribution is 2.38. The van der Waals surface area contributed by atoms with Crippen molar-refractivity contribution in [2.24, 2.45) is 5.73 Å². The van der Waals surface area contributed by atoms with Gasteiger partial charge in [0.2, 0.25) is 11.7 Å². The zero-order chi connectivity index (χ0) is 16.8. The van der Waals surface area contributed by atoms with Crippen molar-refractivity contribution in [3.05, 3.63) is 17.7 Å². The van der Waals surface area contributed by atoms with Crippen LogP contribution in [0, 0.1) is 0 Å². The number of nitrogens with zero attached hydrogens (tertiary/aromatic N) is 1. The van der Waals surface area contributed by atoms with E-state index in [0.717, 1.165) is 37.9 Å². The lowest BCUT2D eigenvalue weighted by Gasteiger charge is -2.21. The number of hydrogen-bond donors (Lipinski definition) is 1. The number of benzene rings is 1. The van der Waals surface area contributed by atoms with E-state index in [1.165, 1.54) is 0 Å². The van der Waals surface area contributed by atoms with Gasteiger partial charge in [-0.3, -0.25) is 4.79 Å². The average Bonchev–Trinajstić information content (AvgIpc) is 2.78. The van der Waals surface area contributed by atoms with Gasteiger partial charge in [-0.2, -0.15) is 0 Å². The van der Waals surface area contributed by atoms with E-state index in [1.807, 2.05) is 17.0 Å². The summed E-state index contributed by atoms with van der Waals surface area (Å²) in [5.41, 5.74) is 6.82. The van der Waals surface area contributed by atoms with Crippen LogP contribution < -0.4 is 19.9 Å². The minimum absolute atomic E-state index is 0.105. The number of nitrogens with two attached hydrogens (primary N) is 1. The maximum Gasteiger partial charge on any atom is 0.226 e. The molecule has 128 valence electrons. The maximum atomic E-state index is 12.6. The lowest BCUT2D eigenvalue weighted by Crippen LogP contribution is -2.34. The average molecular weight is 322 g/mol. The molecule has 0 radical (unpaired) electrons. The van der Waals surface area contributed by atoms with Crippen molar-refractivity contribution in [2.45, 2.75) is 31.7 Å². The number of rotatable bonds is 5. The number of carbonyl (C=O) groups is 1. The van der Waals surface area contributed by atoms with E-state index in [2.05, 4.69) is 0 Å². The van der Waals surface area contributed by atoms with Gasteiger partial charge >= 0.3 is 0 Å². The fraction of sp³-hybridized carbons (Fsp3) is 0.588. The molecule has 6 nitrogen and oxygen atoms in total. The largest absolute Gasteiger partial charge is 0.493 e. The Kier molecular flexibility index (Phi) is 6.10. The molecule has 1 aromatic rings. The third-order valence-electron chi connectivity index (χ3n) is 4.21. The van der Waals surface area contributed by atoms with Crippen molar-refractivity contribution in [3.63, 3.8) is 0 Å². The van der Waals surface area contributed by atoms with Gasteiger partial charge in [-0.05, 0) is 37.0 Å².